The first-order valence-corrected chi connectivity index (χ1v) is 23.1. The van der Waals surface area contributed by atoms with E-state index in [4.69, 9.17) is 13.8 Å². The summed E-state index contributed by atoms with van der Waals surface area (Å²) in [6.45, 7) is 18.5. The van der Waals surface area contributed by atoms with E-state index in [1.807, 2.05) is 54.6 Å². The number of hydrogen-bond acceptors (Lipinski definition) is 4. The number of hydrogen-bond donors (Lipinski definition) is 0. The molecule has 7 heteroatoms. The summed E-state index contributed by atoms with van der Waals surface area (Å²) >= 11 is 0. The van der Waals surface area contributed by atoms with Crippen LogP contribution >= 0.6 is 0 Å². The number of para-hydroxylation sites is 3. The van der Waals surface area contributed by atoms with Crippen LogP contribution in [0.4, 0.5) is 0 Å². The molecule has 0 aliphatic rings. The third kappa shape index (κ3) is 8.48. The number of imidazole rings is 1. The molecule has 5 aromatic carbocycles. The van der Waals surface area contributed by atoms with Crippen molar-refractivity contribution in [2.45, 2.75) is 67.1 Å². The summed E-state index contributed by atoms with van der Waals surface area (Å²) in [7, 11) is -1.34. The molecule has 1 radical (unpaired) electrons. The number of furan rings is 2. The smallest absolute Gasteiger partial charge is 0.137 e. The Morgan fingerprint density at radius 3 is 2.26 bits per heavy atom. The maximum Gasteiger partial charge on any atom is 0.137 e. The monoisotopic (exact) mass is 944 g/mol. The molecular weight excluding hydrogens is 895 g/mol. The Balaban J connectivity index is 0.000000202. The molecule has 57 heavy (non-hydrogen) atoms. The molecule has 4 heterocycles. The van der Waals surface area contributed by atoms with Gasteiger partial charge in [-0.05, 0) is 65.4 Å². The zero-order valence-corrected chi connectivity index (χ0v) is 37.4. The molecule has 0 spiro atoms. The van der Waals surface area contributed by atoms with Gasteiger partial charge in [0.1, 0.15) is 11.2 Å². The Labute approximate surface area is 350 Å². The molecule has 4 aromatic heterocycles. The molecule has 0 saturated carbocycles. The van der Waals surface area contributed by atoms with Crippen LogP contribution in [0.2, 0.25) is 19.6 Å². The van der Waals surface area contributed by atoms with Gasteiger partial charge in [-0.15, -0.1) is 42.0 Å². The van der Waals surface area contributed by atoms with Crippen LogP contribution in [0.1, 0.15) is 45.7 Å². The van der Waals surface area contributed by atoms with Crippen LogP contribution in [0.3, 0.4) is 0 Å². The van der Waals surface area contributed by atoms with Crippen LogP contribution in [0.25, 0.3) is 72.3 Å². The summed E-state index contributed by atoms with van der Waals surface area (Å²) in [4.78, 5) is 9.71. The molecule has 0 atom stereocenters. The molecular formula is C50H49IrN3O2Si-2. The number of aromatic nitrogens is 3. The zero-order valence-electron chi connectivity index (χ0n) is 34.0. The summed E-state index contributed by atoms with van der Waals surface area (Å²) in [6, 6.07) is 42.8. The van der Waals surface area contributed by atoms with E-state index in [1.54, 1.807) is 0 Å². The van der Waals surface area contributed by atoms with E-state index in [1.165, 1.54) is 16.3 Å². The van der Waals surface area contributed by atoms with E-state index in [2.05, 4.69) is 143 Å². The summed E-state index contributed by atoms with van der Waals surface area (Å²) in [6.07, 6.45) is 7.39. The standard InChI is InChI=1S/C32H25N2O2.C18H24NSi.Ir/c1-32(2,3)18-20-12-14-24-25(19-35-29(24)16-20)31-33-26-9-5-6-10-27(26)34(31)21-13-15-23-22-8-4-7-11-28(22)36-30(23)17-21;1-14(2)11-16-12-17(15-9-7-6-8-10-15)19-13-18(16)20(3,4)5;/h4-17H,18H2,1-3H3;6-9,12-14H,11H2,1-5H3;/q2*-1;. The number of nitrogens with zero attached hydrogens (tertiary/aromatic N) is 3. The minimum absolute atomic E-state index is 0. The van der Waals surface area contributed by atoms with Crippen LogP contribution < -0.4 is 5.19 Å². The number of pyridine rings is 1. The van der Waals surface area contributed by atoms with Gasteiger partial charge in [0.25, 0.3) is 0 Å². The third-order valence-electron chi connectivity index (χ3n) is 10.1. The predicted octanol–water partition coefficient (Wildman–Crippen LogP) is 13.0. The molecule has 0 aliphatic carbocycles. The first-order valence-electron chi connectivity index (χ1n) is 19.6. The topological polar surface area (TPSA) is 57.0 Å². The molecule has 9 rings (SSSR count). The maximum absolute atomic E-state index is 6.20. The van der Waals surface area contributed by atoms with Crippen molar-refractivity contribution in [1.29, 1.82) is 0 Å². The Morgan fingerprint density at radius 2 is 1.51 bits per heavy atom. The van der Waals surface area contributed by atoms with E-state index >= 15 is 0 Å². The molecule has 0 saturated heterocycles. The number of fused-ring (bicyclic) bond motifs is 5. The maximum atomic E-state index is 6.20. The van der Waals surface area contributed by atoms with Crippen molar-refractivity contribution in [2.24, 2.45) is 11.3 Å². The van der Waals surface area contributed by atoms with Crippen LogP contribution in [0.15, 0.2) is 130 Å². The third-order valence-corrected chi connectivity index (χ3v) is 12.2. The first-order chi connectivity index (χ1) is 26.8. The quantitative estimate of drug-likeness (QED) is 0.118. The molecule has 9 aromatic rings. The Bertz CT molecular complexity index is 2820. The second kappa shape index (κ2) is 16.1. The summed E-state index contributed by atoms with van der Waals surface area (Å²) < 4.78 is 14.3. The molecule has 5 nitrogen and oxygen atoms in total. The van der Waals surface area contributed by atoms with Gasteiger partial charge >= 0.3 is 0 Å². The van der Waals surface area contributed by atoms with Crippen molar-refractivity contribution in [1.82, 2.24) is 14.5 Å². The van der Waals surface area contributed by atoms with Gasteiger partial charge in [0.15, 0.2) is 0 Å². The molecule has 291 valence electrons. The van der Waals surface area contributed by atoms with Crippen molar-refractivity contribution in [3.63, 3.8) is 0 Å². The van der Waals surface area contributed by atoms with E-state index in [-0.39, 0.29) is 25.5 Å². The summed E-state index contributed by atoms with van der Waals surface area (Å²) in [5.74, 6) is 1.47. The van der Waals surface area contributed by atoms with Gasteiger partial charge in [-0.1, -0.05) is 125 Å². The van der Waals surface area contributed by atoms with Gasteiger partial charge in [0.2, 0.25) is 0 Å². The summed E-state index contributed by atoms with van der Waals surface area (Å²) in [5, 5.41) is 4.72. The Kier molecular flexibility index (Phi) is 11.3. The van der Waals surface area contributed by atoms with Gasteiger partial charge < -0.3 is 18.4 Å². The van der Waals surface area contributed by atoms with E-state index < -0.39 is 8.07 Å². The van der Waals surface area contributed by atoms with Crippen molar-refractivity contribution in [2.75, 3.05) is 0 Å². The molecule has 0 aliphatic heterocycles. The Morgan fingerprint density at radius 1 is 0.772 bits per heavy atom. The van der Waals surface area contributed by atoms with Crippen molar-refractivity contribution < 1.29 is 28.9 Å². The van der Waals surface area contributed by atoms with Gasteiger partial charge in [0.05, 0.1) is 24.9 Å². The minimum Gasteiger partial charge on any atom is -0.557 e. The van der Waals surface area contributed by atoms with Crippen molar-refractivity contribution in [3.8, 4) is 28.3 Å². The second-order valence-electron chi connectivity index (χ2n) is 17.5. The minimum atomic E-state index is -1.34. The fraction of sp³-hybridized carbons (Fsp3) is 0.240. The van der Waals surface area contributed by atoms with Gasteiger partial charge in [0, 0.05) is 60.7 Å². The zero-order chi connectivity index (χ0) is 39.2. The molecule has 0 amide bonds. The Hall–Kier alpha value is -5.07. The van der Waals surface area contributed by atoms with Crippen molar-refractivity contribution in [3.05, 3.63) is 145 Å². The average Bonchev–Trinajstić information content (AvgIpc) is 3.86. The fourth-order valence-corrected chi connectivity index (χ4v) is 9.29. The van der Waals surface area contributed by atoms with Crippen LogP contribution in [0, 0.1) is 23.7 Å². The molecule has 0 fully saturated rings. The molecule has 0 bridgehead atoms. The van der Waals surface area contributed by atoms with Crippen molar-refractivity contribution >= 4 is 57.2 Å². The largest absolute Gasteiger partial charge is 0.557 e. The number of benzene rings is 5. The molecule has 0 unspecified atom stereocenters. The average molecular weight is 944 g/mol. The van der Waals surface area contributed by atoms with Gasteiger partial charge in [-0.2, -0.15) is 0 Å². The normalized spacial score (nSPS) is 12.0. The fourth-order valence-electron chi connectivity index (χ4n) is 7.70. The van der Waals surface area contributed by atoms with E-state index in [9.17, 15) is 0 Å². The molecule has 0 N–H and O–H groups in total. The van der Waals surface area contributed by atoms with Crippen LogP contribution in [-0.4, -0.2) is 22.6 Å². The van der Waals surface area contributed by atoms with Gasteiger partial charge in [-0.3, -0.25) is 4.98 Å². The summed E-state index contributed by atoms with van der Waals surface area (Å²) in [5.41, 5.74) is 11.4. The first kappa shape index (κ1) is 40.1. The number of rotatable bonds is 7. The van der Waals surface area contributed by atoms with Gasteiger partial charge in [-0.25, -0.2) is 0 Å². The SMILES string of the molecule is CC(C)(C)Cc1ccc2c(-c3nc4ccccc4n3-c3ccc4c(c3)oc3ccccc34)[c-]oc2c1.CC(C)Cc1cc(-c2[c-]cccc2)ncc1[Si](C)(C)C.[Ir]. The van der Waals surface area contributed by atoms with E-state index in [0.717, 1.165) is 85.1 Å². The van der Waals surface area contributed by atoms with Crippen LogP contribution in [-0.2, 0) is 32.9 Å². The van der Waals surface area contributed by atoms with E-state index in [0.29, 0.717) is 5.92 Å². The predicted molar refractivity (Wildman–Crippen MR) is 236 cm³/mol. The second-order valence-corrected chi connectivity index (χ2v) is 22.6. The van der Waals surface area contributed by atoms with Crippen LogP contribution in [0.5, 0.6) is 0 Å².